The first-order chi connectivity index (χ1) is 11.9. The van der Waals surface area contributed by atoms with Crippen molar-refractivity contribution < 1.29 is 4.79 Å². The predicted octanol–water partition coefficient (Wildman–Crippen LogP) is 4.89. The summed E-state index contributed by atoms with van der Waals surface area (Å²) in [7, 11) is 0. The molecule has 6 heteroatoms. The highest BCUT2D eigenvalue weighted by Gasteiger charge is 2.17. The number of amides is 1. The Morgan fingerprint density at radius 3 is 2.44 bits per heavy atom. The Hall–Kier alpha value is -2.30. The van der Waals surface area contributed by atoms with Gasteiger partial charge in [0.15, 0.2) is 0 Å². The van der Waals surface area contributed by atoms with E-state index in [0.717, 1.165) is 11.1 Å². The number of aromatic nitrogens is 1. The minimum atomic E-state index is -0.455. The van der Waals surface area contributed by atoms with Gasteiger partial charge in [0.25, 0.3) is 5.91 Å². The Morgan fingerprint density at radius 2 is 1.80 bits per heavy atom. The van der Waals surface area contributed by atoms with Crippen LogP contribution < -0.4 is 10.7 Å². The molecule has 4 nitrogen and oxygen atoms in total. The summed E-state index contributed by atoms with van der Waals surface area (Å²) in [5.74, 6) is -0.455. The minimum absolute atomic E-state index is 0.0889. The fourth-order valence-electron chi connectivity index (χ4n) is 2.80. The lowest BCUT2D eigenvalue weighted by molar-refractivity contribution is 0.102. The maximum atomic E-state index is 12.8. The summed E-state index contributed by atoms with van der Waals surface area (Å²) in [6.07, 6.45) is 1.58. The van der Waals surface area contributed by atoms with Crippen molar-refractivity contribution in [2.24, 2.45) is 0 Å². The van der Waals surface area contributed by atoms with Crippen LogP contribution in [0.5, 0.6) is 0 Å². The van der Waals surface area contributed by atoms with Gasteiger partial charge < -0.3 is 9.88 Å². The quantitative estimate of drug-likeness (QED) is 0.709. The molecule has 25 heavy (non-hydrogen) atoms. The van der Waals surface area contributed by atoms with Crippen LogP contribution >= 0.6 is 23.2 Å². The number of nitrogens with one attached hydrogen (secondary N) is 1. The molecule has 128 valence electrons. The van der Waals surface area contributed by atoms with Crippen molar-refractivity contribution in [1.82, 2.24) is 4.57 Å². The maximum absolute atomic E-state index is 12.8. The molecular formula is C19H16Cl2N2O2. The number of hydrogen-bond donors (Lipinski definition) is 1. The third-order valence-electron chi connectivity index (χ3n) is 4.11. The van der Waals surface area contributed by atoms with E-state index in [0.29, 0.717) is 27.7 Å². The second-order valence-electron chi connectivity index (χ2n) is 5.69. The van der Waals surface area contributed by atoms with Crippen molar-refractivity contribution in [3.8, 4) is 0 Å². The van der Waals surface area contributed by atoms with Gasteiger partial charge in [0, 0.05) is 33.9 Å². The number of anilines is 1. The van der Waals surface area contributed by atoms with Crippen LogP contribution in [0.4, 0.5) is 5.69 Å². The number of carbonyl (C=O) groups is 1. The Labute approximate surface area is 155 Å². The van der Waals surface area contributed by atoms with Crippen LogP contribution in [0.1, 0.15) is 22.8 Å². The van der Waals surface area contributed by atoms with Crippen molar-refractivity contribution in [2.45, 2.75) is 20.4 Å². The molecule has 0 aliphatic carbocycles. The van der Waals surface area contributed by atoms with Crippen LogP contribution in [-0.4, -0.2) is 10.5 Å². The molecular weight excluding hydrogens is 359 g/mol. The maximum Gasteiger partial charge on any atom is 0.261 e. The number of halogens is 2. The van der Waals surface area contributed by atoms with Gasteiger partial charge in [-0.1, -0.05) is 23.2 Å². The second-order valence-corrected chi connectivity index (χ2v) is 6.53. The number of aryl methyl sites for hydroxylation is 2. The summed E-state index contributed by atoms with van der Waals surface area (Å²) in [5, 5.41) is 4.37. The number of pyridine rings is 1. The fourth-order valence-corrected chi connectivity index (χ4v) is 3.07. The van der Waals surface area contributed by atoms with E-state index >= 15 is 0 Å². The van der Waals surface area contributed by atoms with Gasteiger partial charge in [-0.3, -0.25) is 9.59 Å². The molecule has 0 radical (unpaired) electrons. The summed E-state index contributed by atoms with van der Waals surface area (Å²) in [6.45, 7) is 4.42. The van der Waals surface area contributed by atoms with E-state index in [4.69, 9.17) is 23.2 Å². The monoisotopic (exact) mass is 374 g/mol. The van der Waals surface area contributed by atoms with Gasteiger partial charge in [-0.2, -0.15) is 0 Å². The van der Waals surface area contributed by atoms with E-state index in [2.05, 4.69) is 5.32 Å². The largest absolute Gasteiger partial charge is 0.346 e. The Kier molecular flexibility index (Phi) is 4.84. The SMILES string of the molecule is CCn1cc(C(=O)Nc2ccc(Cl)cc2)c(=O)c2ccc(Cl)c(C)c21. The van der Waals surface area contributed by atoms with E-state index < -0.39 is 5.91 Å². The van der Waals surface area contributed by atoms with Crippen LogP contribution in [0, 0.1) is 6.92 Å². The van der Waals surface area contributed by atoms with Gasteiger partial charge in [0.1, 0.15) is 5.56 Å². The number of nitrogens with zero attached hydrogens (tertiary/aromatic N) is 1. The summed E-state index contributed by atoms with van der Waals surface area (Å²) in [6, 6.07) is 10.1. The van der Waals surface area contributed by atoms with E-state index in [-0.39, 0.29) is 11.0 Å². The third kappa shape index (κ3) is 3.28. The zero-order valence-electron chi connectivity index (χ0n) is 13.8. The van der Waals surface area contributed by atoms with Crippen LogP contribution in [0.15, 0.2) is 47.4 Å². The van der Waals surface area contributed by atoms with E-state index in [9.17, 15) is 9.59 Å². The molecule has 0 saturated heterocycles. The second kappa shape index (κ2) is 6.90. The first-order valence-electron chi connectivity index (χ1n) is 7.81. The van der Waals surface area contributed by atoms with Gasteiger partial charge in [-0.25, -0.2) is 0 Å². The van der Waals surface area contributed by atoms with E-state index in [1.165, 1.54) is 0 Å². The molecule has 1 aromatic heterocycles. The molecule has 0 atom stereocenters. The standard InChI is InChI=1S/C19H16Cl2N2O2/c1-3-23-10-15(19(25)22-13-6-4-12(20)5-7-13)18(24)14-8-9-16(21)11(2)17(14)23/h4-10H,3H2,1-2H3,(H,22,25). The Bertz CT molecular complexity index is 1020. The third-order valence-corrected chi connectivity index (χ3v) is 4.78. The van der Waals surface area contributed by atoms with E-state index in [1.54, 1.807) is 42.6 Å². The first-order valence-corrected chi connectivity index (χ1v) is 8.57. The lowest BCUT2D eigenvalue weighted by Gasteiger charge is -2.14. The smallest absolute Gasteiger partial charge is 0.261 e. The minimum Gasteiger partial charge on any atom is -0.346 e. The molecule has 0 aliphatic rings. The van der Waals surface area contributed by atoms with Crippen molar-refractivity contribution >= 4 is 45.7 Å². The molecule has 0 saturated carbocycles. The van der Waals surface area contributed by atoms with Gasteiger partial charge in [-0.05, 0) is 55.8 Å². The molecule has 1 heterocycles. The molecule has 0 spiro atoms. The molecule has 1 N–H and O–H groups in total. The lowest BCUT2D eigenvalue weighted by atomic mass is 10.1. The summed E-state index contributed by atoms with van der Waals surface area (Å²) in [5.41, 5.74) is 1.92. The van der Waals surface area contributed by atoms with E-state index in [1.807, 2.05) is 18.4 Å². The molecule has 0 fully saturated rings. The van der Waals surface area contributed by atoms with Crippen LogP contribution in [-0.2, 0) is 6.54 Å². The Balaban J connectivity index is 2.12. The first kappa shape index (κ1) is 17.5. The van der Waals surface area contributed by atoms with Gasteiger partial charge in [-0.15, -0.1) is 0 Å². The molecule has 1 amide bonds. The summed E-state index contributed by atoms with van der Waals surface area (Å²) in [4.78, 5) is 25.4. The highest BCUT2D eigenvalue weighted by molar-refractivity contribution is 6.32. The highest BCUT2D eigenvalue weighted by atomic mass is 35.5. The number of rotatable bonds is 3. The highest BCUT2D eigenvalue weighted by Crippen LogP contribution is 2.24. The molecule has 3 aromatic rings. The lowest BCUT2D eigenvalue weighted by Crippen LogP contribution is -2.24. The molecule has 0 unspecified atom stereocenters. The topological polar surface area (TPSA) is 51.1 Å². The normalized spacial score (nSPS) is 10.9. The van der Waals surface area contributed by atoms with Crippen LogP contribution in [0.3, 0.4) is 0 Å². The number of benzene rings is 2. The average molecular weight is 375 g/mol. The zero-order valence-corrected chi connectivity index (χ0v) is 15.3. The fraction of sp³-hybridized carbons (Fsp3) is 0.158. The molecule has 3 rings (SSSR count). The van der Waals surface area contributed by atoms with Crippen LogP contribution in [0.2, 0.25) is 10.0 Å². The molecule has 0 aliphatic heterocycles. The molecule has 0 bridgehead atoms. The van der Waals surface area contributed by atoms with Crippen LogP contribution in [0.25, 0.3) is 10.9 Å². The Morgan fingerprint density at radius 1 is 1.12 bits per heavy atom. The number of carbonyl (C=O) groups excluding carboxylic acids is 1. The van der Waals surface area contributed by atoms with Crippen molar-refractivity contribution in [3.05, 3.63) is 74.0 Å². The summed E-state index contributed by atoms with van der Waals surface area (Å²) >= 11 is 12.0. The number of fused-ring (bicyclic) bond motifs is 1. The van der Waals surface area contributed by atoms with Gasteiger partial charge in [0.2, 0.25) is 5.43 Å². The van der Waals surface area contributed by atoms with Crippen molar-refractivity contribution in [2.75, 3.05) is 5.32 Å². The summed E-state index contributed by atoms with van der Waals surface area (Å²) < 4.78 is 1.87. The van der Waals surface area contributed by atoms with Crippen molar-refractivity contribution in [3.63, 3.8) is 0 Å². The predicted molar refractivity (Wildman–Crippen MR) is 103 cm³/mol. The molecule has 2 aromatic carbocycles. The average Bonchev–Trinajstić information content (AvgIpc) is 2.60. The van der Waals surface area contributed by atoms with Gasteiger partial charge in [0.05, 0.1) is 5.52 Å². The zero-order chi connectivity index (χ0) is 18.1. The number of hydrogen-bond acceptors (Lipinski definition) is 2. The van der Waals surface area contributed by atoms with Crippen molar-refractivity contribution in [1.29, 1.82) is 0 Å². The van der Waals surface area contributed by atoms with Gasteiger partial charge >= 0.3 is 0 Å².